The van der Waals surface area contributed by atoms with Gasteiger partial charge in [0.2, 0.25) is 17.7 Å². The van der Waals surface area contributed by atoms with E-state index in [9.17, 15) is 19.2 Å². The van der Waals surface area contributed by atoms with Crippen molar-refractivity contribution < 1.29 is 33.4 Å². The first kappa shape index (κ1) is 39.7. The third-order valence-electron chi connectivity index (χ3n) is 9.19. The Hall–Kier alpha value is -5.13. The number of ether oxygens (including phenoxy) is 3. The van der Waals surface area contributed by atoms with Gasteiger partial charge in [0, 0.05) is 24.5 Å². The molecule has 52 heavy (non-hydrogen) atoms. The van der Waals surface area contributed by atoms with Crippen molar-refractivity contribution in [2.45, 2.75) is 63.6 Å². The van der Waals surface area contributed by atoms with Gasteiger partial charge in [-0.05, 0) is 83.5 Å². The van der Waals surface area contributed by atoms with E-state index in [1.165, 1.54) is 14.0 Å². The molecule has 0 spiro atoms. The molecule has 3 atom stereocenters. The average Bonchev–Trinajstić information content (AvgIpc) is 3.13. The fourth-order valence-electron chi connectivity index (χ4n) is 6.82. The van der Waals surface area contributed by atoms with Crippen LogP contribution in [0.3, 0.4) is 0 Å². The number of fused-ring (bicyclic) bond motifs is 9. The van der Waals surface area contributed by atoms with Gasteiger partial charge >= 0.3 is 5.97 Å². The number of rotatable bonds is 8. The molecule has 11 nitrogen and oxygen atoms in total. The van der Waals surface area contributed by atoms with Crippen molar-refractivity contribution in [3.63, 3.8) is 0 Å². The van der Waals surface area contributed by atoms with Crippen LogP contribution in [0.2, 0.25) is 0 Å². The number of amides is 3. The van der Waals surface area contributed by atoms with E-state index in [0.29, 0.717) is 42.9 Å². The summed E-state index contributed by atoms with van der Waals surface area (Å²) < 4.78 is 17.4. The molecule has 0 aliphatic carbocycles. The van der Waals surface area contributed by atoms with Gasteiger partial charge in [0.25, 0.3) is 0 Å². The molecule has 0 aromatic heterocycles. The van der Waals surface area contributed by atoms with Crippen molar-refractivity contribution in [1.82, 2.24) is 16.0 Å². The van der Waals surface area contributed by atoms with Gasteiger partial charge in [-0.1, -0.05) is 60.7 Å². The lowest BCUT2D eigenvalue weighted by Crippen LogP contribution is -2.56. The lowest BCUT2D eigenvalue weighted by Gasteiger charge is -2.26. The van der Waals surface area contributed by atoms with Gasteiger partial charge in [0.1, 0.15) is 29.6 Å². The van der Waals surface area contributed by atoms with Crippen molar-refractivity contribution in [1.29, 1.82) is 0 Å². The Morgan fingerprint density at radius 3 is 2.00 bits per heavy atom. The van der Waals surface area contributed by atoms with Crippen LogP contribution in [0, 0.1) is 0 Å². The number of nitrogens with one attached hydrogen (secondary N) is 3. The highest BCUT2D eigenvalue weighted by atomic mass is 35.5. The van der Waals surface area contributed by atoms with E-state index in [2.05, 4.69) is 22.0 Å². The van der Waals surface area contributed by atoms with E-state index in [1.54, 1.807) is 14.2 Å². The Balaban J connectivity index is 0.00000605. The van der Waals surface area contributed by atoms with Crippen molar-refractivity contribution in [3.05, 3.63) is 83.9 Å². The van der Waals surface area contributed by atoms with Crippen LogP contribution in [0.1, 0.15) is 43.7 Å². The van der Waals surface area contributed by atoms with Crippen LogP contribution in [-0.4, -0.2) is 69.7 Å². The second kappa shape index (κ2) is 18.4. The van der Waals surface area contributed by atoms with Crippen molar-refractivity contribution in [2.24, 2.45) is 5.73 Å². The fraction of sp³-hybridized carbons (Fsp3) is 0.350. The standard InChI is InChI=1S/C40H46N4O7.ClH/c1-24(45)42-33-23-28-22-26-14-6-9-17-30(26)35(37(28)50-3)34-29-16-8-5-13-25(29)21-27(36(34)49-2)15-7-10-19-32(40(48)51-4)44-38(46)31(43-39(33)47)18-11-12-20-41;/h5-10,13-14,16-17,21-22,31-33H,11-12,15,18-20,23,41H2,1-4H3,(H,42,45)(H,43,47)(H,44,46);1H/t31-,32+,33?;/m1./s1. The molecule has 1 heterocycles. The number of carbonyl (C=O) groups is 4. The zero-order valence-corrected chi connectivity index (χ0v) is 30.8. The molecular weight excluding hydrogens is 684 g/mol. The Morgan fingerprint density at radius 2 is 1.42 bits per heavy atom. The molecule has 4 aromatic carbocycles. The highest BCUT2D eigenvalue weighted by molar-refractivity contribution is 6.11. The minimum atomic E-state index is -1.07. The van der Waals surface area contributed by atoms with Crippen LogP contribution in [0.5, 0.6) is 11.5 Å². The number of methoxy groups -OCH3 is 3. The van der Waals surface area contributed by atoms with Crippen LogP contribution < -0.4 is 31.2 Å². The number of hydrogen-bond acceptors (Lipinski definition) is 8. The summed E-state index contributed by atoms with van der Waals surface area (Å²) in [4.78, 5) is 53.2. The maximum atomic E-state index is 14.1. The molecule has 0 fully saturated rings. The number of carbonyl (C=O) groups excluding carboxylic acids is 4. The van der Waals surface area contributed by atoms with E-state index in [0.717, 1.165) is 38.2 Å². The van der Waals surface area contributed by atoms with Crippen LogP contribution in [0.25, 0.3) is 32.7 Å². The van der Waals surface area contributed by atoms with E-state index in [4.69, 9.17) is 19.9 Å². The summed E-state index contributed by atoms with van der Waals surface area (Å²) in [6, 6.07) is 17.0. The van der Waals surface area contributed by atoms with Gasteiger partial charge in [0.05, 0.1) is 21.3 Å². The quantitative estimate of drug-likeness (QED) is 0.113. The molecule has 1 aliphatic rings. The molecule has 5 N–H and O–H groups in total. The number of unbranched alkanes of at least 4 members (excludes halogenated alkanes) is 1. The van der Waals surface area contributed by atoms with Gasteiger partial charge < -0.3 is 35.9 Å². The highest BCUT2D eigenvalue weighted by Gasteiger charge is 2.31. The predicted octanol–water partition coefficient (Wildman–Crippen LogP) is 4.92. The predicted molar refractivity (Wildman–Crippen MR) is 205 cm³/mol. The molecule has 1 unspecified atom stereocenters. The van der Waals surface area contributed by atoms with Gasteiger partial charge in [-0.2, -0.15) is 0 Å². The number of halogens is 1. The molecule has 3 amide bonds. The summed E-state index contributed by atoms with van der Waals surface area (Å²) in [7, 11) is 4.49. The maximum absolute atomic E-state index is 14.1. The second-order valence-electron chi connectivity index (χ2n) is 12.6. The van der Waals surface area contributed by atoms with Gasteiger partial charge in [-0.3, -0.25) is 14.4 Å². The summed E-state index contributed by atoms with van der Waals surface area (Å²) in [5, 5.41) is 12.2. The van der Waals surface area contributed by atoms with Crippen LogP contribution >= 0.6 is 12.4 Å². The SMILES string of the molecule is COC(=O)[C@@H]1CC=CCc2cc3ccccc3c(c2OC)-c2c(OC)c(cc3ccccc23)CC(NC(C)=O)C(=O)N[C@H](CCCCN)C(=O)N1.Cl. The molecule has 4 bridgehead atoms. The summed E-state index contributed by atoms with van der Waals surface area (Å²) in [5.74, 6) is -0.955. The summed E-state index contributed by atoms with van der Waals surface area (Å²) in [6.07, 6.45) is 5.89. The molecular formula is C40H47ClN4O7. The molecule has 276 valence electrons. The first-order valence-electron chi connectivity index (χ1n) is 17.2. The number of esters is 1. The Morgan fingerprint density at radius 1 is 0.827 bits per heavy atom. The number of hydrogen-bond donors (Lipinski definition) is 4. The van der Waals surface area contributed by atoms with Crippen molar-refractivity contribution in [3.8, 4) is 22.6 Å². The van der Waals surface area contributed by atoms with E-state index in [-0.39, 0.29) is 31.7 Å². The number of allylic oxidation sites excluding steroid dienone is 1. The molecule has 0 saturated heterocycles. The molecule has 4 aromatic rings. The monoisotopic (exact) mass is 730 g/mol. The molecule has 0 radical (unpaired) electrons. The normalized spacial score (nSPS) is 17.9. The van der Waals surface area contributed by atoms with E-state index < -0.39 is 41.8 Å². The lowest BCUT2D eigenvalue weighted by molar-refractivity contribution is -0.145. The molecule has 1 aliphatic heterocycles. The van der Waals surface area contributed by atoms with E-state index >= 15 is 0 Å². The van der Waals surface area contributed by atoms with Crippen LogP contribution in [0.4, 0.5) is 0 Å². The third kappa shape index (κ3) is 8.83. The molecule has 5 rings (SSSR count). The third-order valence-corrected chi connectivity index (χ3v) is 9.19. The van der Waals surface area contributed by atoms with Gasteiger partial charge in [-0.15, -0.1) is 12.4 Å². The van der Waals surface area contributed by atoms with Gasteiger partial charge in [-0.25, -0.2) is 4.79 Å². The minimum Gasteiger partial charge on any atom is -0.496 e. The van der Waals surface area contributed by atoms with Gasteiger partial charge in [0.15, 0.2) is 0 Å². The molecule has 0 saturated carbocycles. The Kier molecular flexibility index (Phi) is 14.0. The molecule has 12 heteroatoms. The van der Waals surface area contributed by atoms with Crippen LogP contribution in [-0.2, 0) is 36.8 Å². The zero-order chi connectivity index (χ0) is 36.5. The smallest absolute Gasteiger partial charge is 0.328 e. The second-order valence-corrected chi connectivity index (χ2v) is 12.6. The Labute approximate surface area is 310 Å². The lowest BCUT2D eigenvalue weighted by atomic mass is 9.87. The fourth-order valence-corrected chi connectivity index (χ4v) is 6.82. The van der Waals surface area contributed by atoms with E-state index in [1.807, 2.05) is 66.7 Å². The first-order chi connectivity index (χ1) is 24.7. The number of benzene rings is 4. The maximum Gasteiger partial charge on any atom is 0.328 e. The largest absolute Gasteiger partial charge is 0.496 e. The first-order valence-corrected chi connectivity index (χ1v) is 17.2. The number of nitrogens with two attached hydrogens (primary N) is 1. The van der Waals surface area contributed by atoms with Crippen molar-refractivity contribution >= 4 is 57.6 Å². The zero-order valence-electron chi connectivity index (χ0n) is 30.0. The minimum absolute atomic E-state index is 0. The highest BCUT2D eigenvalue weighted by Crippen LogP contribution is 2.48. The van der Waals surface area contributed by atoms with Crippen molar-refractivity contribution in [2.75, 3.05) is 27.9 Å². The summed E-state index contributed by atoms with van der Waals surface area (Å²) in [5.41, 5.74) is 8.92. The Bertz CT molecular complexity index is 1960. The topological polar surface area (TPSA) is 158 Å². The summed E-state index contributed by atoms with van der Waals surface area (Å²) in [6.45, 7) is 1.75. The summed E-state index contributed by atoms with van der Waals surface area (Å²) >= 11 is 0. The van der Waals surface area contributed by atoms with Crippen LogP contribution in [0.15, 0.2) is 72.8 Å². The average molecular weight is 731 g/mol.